The highest BCUT2D eigenvalue weighted by atomic mass is 32.2. The van der Waals surface area contributed by atoms with Gasteiger partial charge < -0.3 is 5.73 Å². The molecule has 3 N–H and O–H groups in total. The zero-order valence-corrected chi connectivity index (χ0v) is 14.3. The number of anilines is 1. The lowest BCUT2D eigenvalue weighted by molar-refractivity contribution is 0.583. The Labute approximate surface area is 132 Å². The molecule has 0 radical (unpaired) electrons. The quantitative estimate of drug-likeness (QED) is 0.415. The Balaban J connectivity index is 2.95. The van der Waals surface area contributed by atoms with Crippen molar-refractivity contribution in [3.05, 3.63) is 35.9 Å². The molecular formula is C15H24N2O2S2. The highest BCUT2D eigenvalue weighted by molar-refractivity contribution is 7.99. The minimum Gasteiger partial charge on any atom is -0.398 e. The van der Waals surface area contributed by atoms with E-state index in [9.17, 15) is 8.42 Å². The molecule has 1 aromatic rings. The fourth-order valence-corrected chi connectivity index (χ4v) is 4.17. The molecule has 0 spiro atoms. The summed E-state index contributed by atoms with van der Waals surface area (Å²) in [5.74, 6) is 1.54. The van der Waals surface area contributed by atoms with E-state index in [1.165, 1.54) is 0 Å². The van der Waals surface area contributed by atoms with E-state index in [-0.39, 0.29) is 0 Å². The lowest BCUT2D eigenvalue weighted by Crippen LogP contribution is -2.27. The molecule has 1 rings (SSSR count). The van der Waals surface area contributed by atoms with Crippen LogP contribution in [0.3, 0.4) is 0 Å². The Morgan fingerprint density at radius 3 is 2.62 bits per heavy atom. The van der Waals surface area contributed by atoms with Crippen molar-refractivity contribution in [2.75, 3.05) is 23.8 Å². The van der Waals surface area contributed by atoms with E-state index in [0.717, 1.165) is 23.5 Å². The van der Waals surface area contributed by atoms with Crippen LogP contribution in [0.1, 0.15) is 25.0 Å². The second-order valence-electron chi connectivity index (χ2n) is 4.63. The molecule has 21 heavy (non-hydrogen) atoms. The van der Waals surface area contributed by atoms with E-state index in [1.54, 1.807) is 23.9 Å². The molecule has 118 valence electrons. The van der Waals surface area contributed by atoms with Gasteiger partial charge in [0.2, 0.25) is 10.0 Å². The summed E-state index contributed by atoms with van der Waals surface area (Å²) in [6.45, 7) is 7.93. The van der Waals surface area contributed by atoms with Crippen LogP contribution in [0.5, 0.6) is 0 Å². The number of aryl methyl sites for hydroxylation is 1. The molecule has 6 heteroatoms. The minimum atomic E-state index is -3.51. The second-order valence-corrected chi connectivity index (χ2v) is 7.52. The number of hydrogen-bond donors (Lipinski definition) is 2. The van der Waals surface area contributed by atoms with Gasteiger partial charge in [0.1, 0.15) is 0 Å². The second kappa shape index (κ2) is 8.46. The molecule has 0 saturated carbocycles. The Bertz CT molecular complexity index is 584. The molecule has 0 aliphatic carbocycles. The van der Waals surface area contributed by atoms with E-state index in [1.807, 2.05) is 19.9 Å². The molecule has 0 amide bonds. The summed E-state index contributed by atoms with van der Waals surface area (Å²) in [4.78, 5) is 0.315. The van der Waals surface area contributed by atoms with Gasteiger partial charge in [-0.1, -0.05) is 19.9 Å². The van der Waals surface area contributed by atoms with E-state index < -0.39 is 10.0 Å². The first-order chi connectivity index (χ1) is 9.96. The van der Waals surface area contributed by atoms with Crippen molar-refractivity contribution in [3.8, 4) is 0 Å². The van der Waals surface area contributed by atoms with Gasteiger partial charge in [-0.15, -0.1) is 6.58 Å². The maximum atomic E-state index is 12.5. The molecule has 0 fully saturated rings. The Hall–Kier alpha value is -0.980. The first-order valence-corrected chi connectivity index (χ1v) is 9.69. The molecular weight excluding hydrogens is 304 g/mol. The molecule has 0 bridgehead atoms. The third-order valence-electron chi connectivity index (χ3n) is 3.13. The summed E-state index contributed by atoms with van der Waals surface area (Å²) in [7, 11) is -3.51. The molecule has 0 aliphatic heterocycles. The Kier molecular flexibility index (Phi) is 7.28. The maximum Gasteiger partial charge on any atom is 0.240 e. The van der Waals surface area contributed by atoms with Crippen molar-refractivity contribution in [2.45, 2.75) is 31.6 Å². The van der Waals surface area contributed by atoms with Crippen LogP contribution >= 0.6 is 11.8 Å². The first-order valence-electron chi connectivity index (χ1n) is 7.05. The normalized spacial score (nSPS) is 11.5. The van der Waals surface area contributed by atoms with E-state index in [2.05, 4.69) is 11.3 Å². The molecule has 4 nitrogen and oxygen atoms in total. The summed E-state index contributed by atoms with van der Waals surface area (Å²) in [5.41, 5.74) is 8.18. The van der Waals surface area contributed by atoms with Crippen molar-refractivity contribution < 1.29 is 8.42 Å². The van der Waals surface area contributed by atoms with Gasteiger partial charge in [-0.05, 0) is 36.1 Å². The predicted octanol–water partition coefficient (Wildman–Crippen LogP) is 2.59. The summed E-state index contributed by atoms with van der Waals surface area (Å²) in [6, 6.07) is 3.59. The first kappa shape index (κ1) is 18.1. The number of nitrogens with one attached hydrogen (secondary N) is 1. The van der Waals surface area contributed by atoms with Crippen LogP contribution in [0.15, 0.2) is 29.7 Å². The van der Waals surface area contributed by atoms with E-state index >= 15 is 0 Å². The monoisotopic (exact) mass is 328 g/mol. The SMILES string of the molecule is C=CCSCCNS(=O)(=O)c1cc(CC)cc(N)c1CC. The molecule has 0 atom stereocenters. The van der Waals surface area contributed by atoms with Crippen LogP contribution in [-0.2, 0) is 22.9 Å². The van der Waals surface area contributed by atoms with Crippen LogP contribution in [-0.4, -0.2) is 26.5 Å². The summed E-state index contributed by atoms with van der Waals surface area (Å²) in [6.07, 6.45) is 3.16. The van der Waals surface area contributed by atoms with E-state index in [4.69, 9.17) is 5.73 Å². The zero-order valence-electron chi connectivity index (χ0n) is 12.7. The molecule has 0 saturated heterocycles. The van der Waals surface area contributed by atoms with Gasteiger partial charge >= 0.3 is 0 Å². The average molecular weight is 329 g/mol. The van der Waals surface area contributed by atoms with Gasteiger partial charge in [0, 0.05) is 23.7 Å². The predicted molar refractivity (Wildman–Crippen MR) is 92.3 cm³/mol. The number of hydrogen-bond acceptors (Lipinski definition) is 4. The minimum absolute atomic E-state index is 0.315. The van der Waals surface area contributed by atoms with Crippen LogP contribution in [0, 0.1) is 0 Å². The van der Waals surface area contributed by atoms with Crippen molar-refractivity contribution >= 4 is 27.5 Å². The number of nitrogen functional groups attached to an aromatic ring is 1. The molecule has 0 heterocycles. The Morgan fingerprint density at radius 2 is 2.05 bits per heavy atom. The van der Waals surface area contributed by atoms with Gasteiger partial charge in [-0.2, -0.15) is 11.8 Å². The van der Waals surface area contributed by atoms with Crippen molar-refractivity contribution in [2.24, 2.45) is 0 Å². The number of rotatable bonds is 9. The Morgan fingerprint density at radius 1 is 1.33 bits per heavy atom. The molecule has 1 aromatic carbocycles. The third-order valence-corrected chi connectivity index (χ3v) is 5.62. The maximum absolute atomic E-state index is 12.5. The lowest BCUT2D eigenvalue weighted by atomic mass is 10.1. The van der Waals surface area contributed by atoms with E-state index in [0.29, 0.717) is 29.1 Å². The standard InChI is InChI=1S/C15H24N2O2S2/c1-4-8-20-9-7-17-21(18,19)15-11-12(5-2)10-14(16)13(15)6-3/h4,10-11,17H,1,5-9,16H2,2-3H3. The third kappa shape index (κ3) is 5.05. The van der Waals surface area contributed by atoms with Crippen LogP contribution in [0.2, 0.25) is 0 Å². The van der Waals surface area contributed by atoms with Crippen molar-refractivity contribution in [1.29, 1.82) is 0 Å². The summed E-state index contributed by atoms with van der Waals surface area (Å²) < 4.78 is 27.6. The largest absolute Gasteiger partial charge is 0.398 e. The summed E-state index contributed by atoms with van der Waals surface area (Å²) in [5, 5.41) is 0. The van der Waals surface area contributed by atoms with Gasteiger partial charge in [0.05, 0.1) is 4.90 Å². The van der Waals surface area contributed by atoms with Crippen LogP contribution in [0.25, 0.3) is 0 Å². The van der Waals surface area contributed by atoms with Crippen molar-refractivity contribution in [1.82, 2.24) is 4.72 Å². The topological polar surface area (TPSA) is 72.2 Å². The zero-order chi connectivity index (χ0) is 15.9. The molecule has 0 aliphatic rings. The molecule has 0 aromatic heterocycles. The average Bonchev–Trinajstić information content (AvgIpc) is 2.46. The lowest BCUT2D eigenvalue weighted by Gasteiger charge is -2.14. The highest BCUT2D eigenvalue weighted by Crippen LogP contribution is 2.25. The van der Waals surface area contributed by atoms with Crippen LogP contribution in [0.4, 0.5) is 5.69 Å². The van der Waals surface area contributed by atoms with Crippen LogP contribution < -0.4 is 10.5 Å². The van der Waals surface area contributed by atoms with Crippen molar-refractivity contribution in [3.63, 3.8) is 0 Å². The van der Waals surface area contributed by atoms with Gasteiger partial charge in [-0.25, -0.2) is 13.1 Å². The summed E-state index contributed by atoms with van der Waals surface area (Å²) >= 11 is 1.64. The fourth-order valence-electron chi connectivity index (χ4n) is 2.04. The van der Waals surface area contributed by atoms with Gasteiger partial charge in [0.25, 0.3) is 0 Å². The van der Waals surface area contributed by atoms with Gasteiger partial charge in [-0.3, -0.25) is 0 Å². The molecule has 0 unspecified atom stereocenters. The number of nitrogens with two attached hydrogens (primary N) is 1. The number of thioether (sulfide) groups is 1. The smallest absolute Gasteiger partial charge is 0.240 e. The number of benzene rings is 1. The fraction of sp³-hybridized carbons (Fsp3) is 0.467. The highest BCUT2D eigenvalue weighted by Gasteiger charge is 2.19. The van der Waals surface area contributed by atoms with Gasteiger partial charge in [0.15, 0.2) is 0 Å². The number of sulfonamides is 1.